The highest BCUT2D eigenvalue weighted by Crippen LogP contribution is 2.37. The Morgan fingerprint density at radius 1 is 1.08 bits per heavy atom. The third kappa shape index (κ3) is 3.46. The highest BCUT2D eigenvalue weighted by Gasteiger charge is 2.33. The standard InChI is InChI=1S/C17H16F2N4S/c1-11-4-3-5-12(2)16(11)22-17(20-10-21-23-17)24-9-13-6-7-14(18)15(19)8-13/h3-8,10,22H,9H2,1-2H3. The normalized spacial score (nSPS) is 19.0. The van der Waals surface area contributed by atoms with Gasteiger partial charge in [0, 0.05) is 11.4 Å². The molecule has 24 heavy (non-hydrogen) atoms. The summed E-state index contributed by atoms with van der Waals surface area (Å²) < 4.78 is 26.4. The fraction of sp³-hybridized carbons (Fsp3) is 0.235. The van der Waals surface area contributed by atoms with Crippen molar-refractivity contribution in [1.82, 2.24) is 0 Å². The van der Waals surface area contributed by atoms with Gasteiger partial charge in [-0.25, -0.2) is 13.8 Å². The molecule has 0 spiro atoms. The highest BCUT2D eigenvalue weighted by molar-refractivity contribution is 8.00. The van der Waals surface area contributed by atoms with E-state index in [9.17, 15) is 8.78 Å². The summed E-state index contributed by atoms with van der Waals surface area (Å²) in [5.74, 6) is -1.31. The largest absolute Gasteiger partial charge is 0.332 e. The van der Waals surface area contributed by atoms with E-state index in [1.165, 1.54) is 24.2 Å². The lowest BCUT2D eigenvalue weighted by Gasteiger charge is -2.25. The van der Waals surface area contributed by atoms with E-state index >= 15 is 0 Å². The van der Waals surface area contributed by atoms with Crippen LogP contribution >= 0.6 is 11.8 Å². The van der Waals surface area contributed by atoms with Crippen molar-refractivity contribution < 1.29 is 8.78 Å². The van der Waals surface area contributed by atoms with Crippen LogP contribution in [-0.4, -0.2) is 11.5 Å². The number of anilines is 1. The second-order valence-corrected chi connectivity index (χ2v) is 6.64. The Morgan fingerprint density at radius 2 is 1.83 bits per heavy atom. The van der Waals surface area contributed by atoms with Crippen LogP contribution in [0.15, 0.2) is 51.6 Å². The molecule has 0 saturated carbocycles. The summed E-state index contributed by atoms with van der Waals surface area (Å²) in [5.41, 5.74) is 3.73. The minimum atomic E-state index is -0.998. The number of hydrogen-bond acceptors (Lipinski definition) is 5. The molecule has 4 nitrogen and oxygen atoms in total. The zero-order chi connectivity index (χ0) is 17.2. The summed E-state index contributed by atoms with van der Waals surface area (Å²) in [6.45, 7) is 4.00. The average molecular weight is 346 g/mol. The number of thioether (sulfide) groups is 1. The van der Waals surface area contributed by atoms with Gasteiger partial charge in [0.1, 0.15) is 6.34 Å². The average Bonchev–Trinajstić information content (AvgIpc) is 3.01. The summed E-state index contributed by atoms with van der Waals surface area (Å²) in [7, 11) is 0. The van der Waals surface area contributed by atoms with E-state index in [0.29, 0.717) is 11.3 Å². The van der Waals surface area contributed by atoms with E-state index in [1.54, 1.807) is 6.07 Å². The Hall–Kier alpha value is -2.28. The van der Waals surface area contributed by atoms with Gasteiger partial charge in [-0.2, -0.15) is 0 Å². The van der Waals surface area contributed by atoms with Crippen molar-refractivity contribution in [3.63, 3.8) is 0 Å². The van der Waals surface area contributed by atoms with Crippen LogP contribution in [0.1, 0.15) is 16.7 Å². The van der Waals surface area contributed by atoms with E-state index in [2.05, 4.69) is 20.5 Å². The van der Waals surface area contributed by atoms with Gasteiger partial charge in [0.2, 0.25) is 0 Å². The second kappa shape index (κ2) is 6.68. The van der Waals surface area contributed by atoms with Gasteiger partial charge in [0.05, 0.1) is 0 Å². The first-order valence-corrected chi connectivity index (χ1v) is 8.36. The van der Waals surface area contributed by atoms with E-state index in [-0.39, 0.29) is 0 Å². The van der Waals surface area contributed by atoms with Crippen LogP contribution < -0.4 is 5.32 Å². The number of benzene rings is 2. The molecule has 2 aromatic carbocycles. The zero-order valence-electron chi connectivity index (χ0n) is 13.3. The molecule has 2 aromatic rings. The quantitative estimate of drug-likeness (QED) is 0.772. The Balaban J connectivity index is 1.80. The number of aryl methyl sites for hydroxylation is 2. The van der Waals surface area contributed by atoms with Gasteiger partial charge in [-0.3, -0.25) is 0 Å². The molecule has 1 N–H and O–H groups in total. The number of nitrogens with zero attached hydrogens (tertiary/aromatic N) is 3. The molecule has 1 aliphatic rings. The van der Waals surface area contributed by atoms with E-state index in [0.717, 1.165) is 22.9 Å². The van der Waals surface area contributed by atoms with E-state index in [4.69, 9.17) is 0 Å². The van der Waals surface area contributed by atoms with Gasteiger partial charge in [0.25, 0.3) is 5.12 Å². The van der Waals surface area contributed by atoms with Crippen molar-refractivity contribution in [3.8, 4) is 0 Å². The van der Waals surface area contributed by atoms with E-state index < -0.39 is 16.8 Å². The van der Waals surface area contributed by atoms with Gasteiger partial charge in [0.15, 0.2) is 11.6 Å². The fourth-order valence-electron chi connectivity index (χ4n) is 2.38. The van der Waals surface area contributed by atoms with Crippen molar-refractivity contribution in [3.05, 3.63) is 64.7 Å². The van der Waals surface area contributed by atoms with Crippen LogP contribution in [0.25, 0.3) is 0 Å². The van der Waals surface area contributed by atoms with Gasteiger partial charge in [-0.1, -0.05) is 36.0 Å². The molecule has 0 saturated heterocycles. The lowest BCUT2D eigenvalue weighted by Crippen LogP contribution is -2.29. The molecule has 0 aliphatic carbocycles. The van der Waals surface area contributed by atoms with Crippen LogP contribution in [-0.2, 0) is 5.75 Å². The molecule has 0 amide bonds. The minimum absolute atomic E-state index is 0.408. The van der Waals surface area contributed by atoms with Gasteiger partial charge in [-0.15, -0.1) is 10.2 Å². The fourth-order valence-corrected chi connectivity index (χ4v) is 3.33. The maximum absolute atomic E-state index is 13.4. The summed E-state index contributed by atoms with van der Waals surface area (Å²) in [6.07, 6.45) is 1.39. The maximum Gasteiger partial charge on any atom is 0.296 e. The molecule has 124 valence electrons. The number of hydrogen-bond donors (Lipinski definition) is 1. The lowest BCUT2D eigenvalue weighted by molar-refractivity contribution is 0.507. The topological polar surface area (TPSA) is 49.1 Å². The number of nitrogens with one attached hydrogen (secondary N) is 1. The summed E-state index contributed by atoms with van der Waals surface area (Å²) in [4.78, 5) is 4.33. The maximum atomic E-state index is 13.4. The Bertz CT molecular complexity index is 788. The Labute approximate surface area is 143 Å². The zero-order valence-corrected chi connectivity index (χ0v) is 14.1. The predicted molar refractivity (Wildman–Crippen MR) is 93.3 cm³/mol. The van der Waals surface area contributed by atoms with Crippen molar-refractivity contribution >= 4 is 23.8 Å². The molecule has 3 rings (SSSR count). The van der Waals surface area contributed by atoms with Crippen LogP contribution in [0.4, 0.5) is 14.5 Å². The number of halogens is 2. The molecule has 7 heteroatoms. The number of aliphatic imine (C=N–C) groups is 1. The molecule has 0 radical (unpaired) electrons. The van der Waals surface area contributed by atoms with Crippen LogP contribution in [0.5, 0.6) is 0 Å². The predicted octanol–water partition coefficient (Wildman–Crippen LogP) is 5.03. The van der Waals surface area contributed by atoms with Gasteiger partial charge >= 0.3 is 0 Å². The van der Waals surface area contributed by atoms with Crippen molar-refractivity contribution in [2.24, 2.45) is 15.2 Å². The SMILES string of the molecule is Cc1cccc(C)c1NC1(SCc2ccc(F)c(F)c2)N=CN=N1. The molecular formula is C17H16F2N4S. The molecule has 1 unspecified atom stereocenters. The van der Waals surface area contributed by atoms with Crippen molar-refractivity contribution in [1.29, 1.82) is 0 Å². The summed E-state index contributed by atoms with van der Waals surface area (Å²) in [5, 5.41) is 10.4. The molecule has 1 heterocycles. The van der Waals surface area contributed by atoms with Crippen LogP contribution in [0.3, 0.4) is 0 Å². The second-order valence-electron chi connectivity index (χ2n) is 5.50. The Kier molecular flexibility index (Phi) is 4.62. The molecule has 1 aliphatic heterocycles. The first-order chi connectivity index (χ1) is 11.5. The minimum Gasteiger partial charge on any atom is -0.332 e. The number of para-hydroxylation sites is 1. The van der Waals surface area contributed by atoms with E-state index in [1.807, 2.05) is 32.0 Å². The number of rotatable bonds is 5. The third-order valence-corrected chi connectivity index (χ3v) is 4.84. The molecular weight excluding hydrogens is 330 g/mol. The van der Waals surface area contributed by atoms with Gasteiger partial charge < -0.3 is 5.32 Å². The smallest absolute Gasteiger partial charge is 0.296 e. The van der Waals surface area contributed by atoms with Crippen molar-refractivity contribution in [2.75, 3.05) is 5.32 Å². The third-order valence-electron chi connectivity index (χ3n) is 3.67. The van der Waals surface area contributed by atoms with Crippen LogP contribution in [0.2, 0.25) is 0 Å². The first-order valence-electron chi connectivity index (χ1n) is 7.37. The highest BCUT2D eigenvalue weighted by atomic mass is 32.2. The molecule has 0 bridgehead atoms. The number of azo groups is 1. The Morgan fingerprint density at radius 3 is 2.46 bits per heavy atom. The molecule has 0 fully saturated rings. The summed E-state index contributed by atoms with van der Waals surface area (Å²) >= 11 is 1.35. The van der Waals surface area contributed by atoms with Crippen LogP contribution in [0, 0.1) is 25.5 Å². The van der Waals surface area contributed by atoms with Gasteiger partial charge in [-0.05, 0) is 42.7 Å². The summed E-state index contributed by atoms with van der Waals surface area (Å²) in [6, 6.07) is 9.84. The molecule has 1 atom stereocenters. The monoisotopic (exact) mass is 346 g/mol. The lowest BCUT2D eigenvalue weighted by atomic mass is 10.1. The first kappa shape index (κ1) is 16.6. The molecule has 0 aromatic heterocycles. The van der Waals surface area contributed by atoms with Crippen molar-refractivity contribution in [2.45, 2.75) is 24.7 Å².